The molecule has 4 heterocycles. The van der Waals surface area contributed by atoms with E-state index >= 15 is 0 Å². The van der Waals surface area contributed by atoms with Crippen molar-refractivity contribution in [2.24, 2.45) is 5.92 Å². The predicted octanol–water partition coefficient (Wildman–Crippen LogP) is 3.31. The lowest BCUT2D eigenvalue weighted by Crippen LogP contribution is -2.57. The van der Waals surface area contributed by atoms with E-state index in [9.17, 15) is 18.0 Å². The van der Waals surface area contributed by atoms with Crippen LogP contribution in [0.3, 0.4) is 0 Å². The summed E-state index contributed by atoms with van der Waals surface area (Å²) in [4.78, 5) is 18.0. The minimum absolute atomic E-state index is 0.157. The Morgan fingerprint density at radius 2 is 1.93 bits per heavy atom. The van der Waals surface area contributed by atoms with Crippen molar-refractivity contribution in [3.8, 4) is 11.8 Å². The first-order valence-electron chi connectivity index (χ1n) is 8.72. The molecule has 3 aliphatic heterocycles. The van der Waals surface area contributed by atoms with Gasteiger partial charge in [-0.3, -0.25) is 4.79 Å². The fourth-order valence-corrected chi connectivity index (χ4v) is 3.59. The lowest BCUT2D eigenvalue weighted by atomic mass is 9.84. The molecule has 2 bridgehead atoms. The number of carbonyl (C=O) groups is 1. The minimum atomic E-state index is -4.60. The summed E-state index contributed by atoms with van der Waals surface area (Å²) in [5.74, 6) is 0.579. The first-order chi connectivity index (χ1) is 12.9. The number of rotatable bonds is 4. The summed E-state index contributed by atoms with van der Waals surface area (Å²) in [6.07, 6.45) is -2.40. The maximum atomic E-state index is 12.5. The summed E-state index contributed by atoms with van der Waals surface area (Å²) >= 11 is 0. The van der Waals surface area contributed by atoms with Crippen LogP contribution >= 0.6 is 0 Å². The zero-order chi connectivity index (χ0) is 19.0. The van der Waals surface area contributed by atoms with E-state index in [1.54, 1.807) is 12.1 Å². The number of ether oxygens (including phenoxy) is 1. The van der Waals surface area contributed by atoms with Crippen LogP contribution in [0.1, 0.15) is 28.9 Å². The highest BCUT2D eigenvalue weighted by Gasteiger charge is 2.36. The van der Waals surface area contributed by atoms with Gasteiger partial charge in [0.25, 0.3) is 5.91 Å². The largest absolute Gasteiger partial charge is 0.436 e. The van der Waals surface area contributed by atoms with Crippen LogP contribution in [0.5, 0.6) is 11.8 Å². The highest BCUT2D eigenvalue weighted by atomic mass is 19.4. The van der Waals surface area contributed by atoms with E-state index in [0.29, 0.717) is 17.7 Å². The van der Waals surface area contributed by atoms with Gasteiger partial charge in [-0.25, -0.2) is 0 Å². The number of carbonyl (C=O) groups excluding carboxylic acids is 1. The Kier molecular flexibility index (Phi) is 4.55. The molecule has 0 unspecified atom stereocenters. The van der Waals surface area contributed by atoms with Crippen molar-refractivity contribution in [1.29, 1.82) is 0 Å². The van der Waals surface area contributed by atoms with Gasteiger partial charge < -0.3 is 19.4 Å². The van der Waals surface area contributed by atoms with Gasteiger partial charge in [-0.05, 0) is 56.1 Å². The molecule has 1 aromatic carbocycles. The number of benzene rings is 1. The molecule has 3 fully saturated rings. The number of piperidine rings is 3. The number of hydrogen-bond acceptors (Lipinski definition) is 5. The third-order valence-electron chi connectivity index (χ3n) is 5.07. The molecule has 0 radical (unpaired) electrons. The van der Waals surface area contributed by atoms with Gasteiger partial charge in [-0.15, -0.1) is 0 Å². The Bertz CT molecular complexity index is 811. The Morgan fingerprint density at radius 3 is 2.48 bits per heavy atom. The number of amides is 1. The minimum Gasteiger partial charge on any atom is -0.417 e. The maximum absolute atomic E-state index is 12.5. The second-order valence-corrected chi connectivity index (χ2v) is 6.84. The lowest BCUT2D eigenvalue weighted by molar-refractivity contribution is -0.141. The molecule has 144 valence electrons. The van der Waals surface area contributed by atoms with Crippen molar-refractivity contribution in [3.05, 3.63) is 41.8 Å². The van der Waals surface area contributed by atoms with Gasteiger partial charge in [-0.2, -0.15) is 18.2 Å². The van der Waals surface area contributed by atoms with E-state index in [2.05, 4.69) is 19.6 Å². The first kappa shape index (κ1) is 17.8. The molecule has 1 N–H and O–H groups in total. The number of hydrogen-bond donors (Lipinski definition) is 1. The fourth-order valence-electron chi connectivity index (χ4n) is 3.59. The van der Waals surface area contributed by atoms with E-state index in [1.807, 2.05) is 0 Å². The second kappa shape index (κ2) is 6.88. The molecule has 5 rings (SSSR count). The maximum Gasteiger partial charge on any atom is 0.436 e. The number of oxazole rings is 1. The quantitative estimate of drug-likeness (QED) is 0.880. The van der Waals surface area contributed by atoms with Crippen LogP contribution in [0.15, 0.2) is 34.9 Å². The van der Waals surface area contributed by atoms with Crippen molar-refractivity contribution < 1.29 is 27.1 Å². The standard InChI is InChI=1S/C18H18F3N3O3/c19-18(20,21)15-10-26-17(23-15)27-13-3-1-12(2-4-13)16(25)22-14-9-24-7-5-11(14)6-8-24/h1-4,10-11,14H,5-9H2,(H,22,25)/t14-/m0/s1. The third-order valence-corrected chi connectivity index (χ3v) is 5.07. The van der Waals surface area contributed by atoms with Crippen LogP contribution < -0.4 is 10.1 Å². The van der Waals surface area contributed by atoms with Crippen molar-refractivity contribution in [2.75, 3.05) is 19.6 Å². The van der Waals surface area contributed by atoms with Gasteiger partial charge in [0.2, 0.25) is 0 Å². The van der Waals surface area contributed by atoms with Gasteiger partial charge in [0, 0.05) is 18.2 Å². The summed E-state index contributed by atoms with van der Waals surface area (Å²) < 4.78 is 47.3. The molecular weight excluding hydrogens is 363 g/mol. The average molecular weight is 381 g/mol. The van der Waals surface area contributed by atoms with Gasteiger partial charge in [0.15, 0.2) is 5.69 Å². The topological polar surface area (TPSA) is 67.6 Å². The predicted molar refractivity (Wildman–Crippen MR) is 88.4 cm³/mol. The zero-order valence-corrected chi connectivity index (χ0v) is 14.3. The summed E-state index contributed by atoms with van der Waals surface area (Å²) in [7, 11) is 0. The van der Waals surface area contributed by atoms with Gasteiger partial charge in [0.05, 0.1) is 0 Å². The van der Waals surface area contributed by atoms with E-state index in [0.717, 1.165) is 32.5 Å². The number of nitrogens with one attached hydrogen (secondary N) is 1. The summed E-state index contributed by atoms with van der Waals surface area (Å²) in [6.45, 7) is 3.07. The summed E-state index contributed by atoms with van der Waals surface area (Å²) in [5, 5.41) is 3.08. The number of halogens is 3. The molecular formula is C18H18F3N3O3. The van der Waals surface area contributed by atoms with E-state index in [1.165, 1.54) is 12.1 Å². The summed E-state index contributed by atoms with van der Waals surface area (Å²) in [6, 6.07) is 6.24. The number of aromatic nitrogens is 1. The van der Waals surface area contributed by atoms with Crippen LogP contribution in [0.2, 0.25) is 0 Å². The zero-order valence-electron chi connectivity index (χ0n) is 14.3. The highest BCUT2D eigenvalue weighted by Crippen LogP contribution is 2.31. The van der Waals surface area contributed by atoms with Crippen LogP contribution in [-0.2, 0) is 6.18 Å². The molecule has 1 aromatic heterocycles. The highest BCUT2D eigenvalue weighted by molar-refractivity contribution is 5.94. The van der Waals surface area contributed by atoms with Crippen molar-refractivity contribution in [3.63, 3.8) is 0 Å². The molecule has 2 aromatic rings. The molecule has 1 amide bonds. The SMILES string of the molecule is O=C(N[C@H]1CN2CCC1CC2)c1ccc(Oc2nc(C(F)(F)F)co2)cc1. The van der Waals surface area contributed by atoms with Gasteiger partial charge in [-0.1, -0.05) is 0 Å². The number of nitrogens with zero attached hydrogens (tertiary/aromatic N) is 2. The first-order valence-corrected chi connectivity index (χ1v) is 8.72. The van der Waals surface area contributed by atoms with Crippen molar-refractivity contribution in [1.82, 2.24) is 15.2 Å². The fraction of sp³-hybridized carbons (Fsp3) is 0.444. The second-order valence-electron chi connectivity index (χ2n) is 6.84. The van der Waals surface area contributed by atoms with Gasteiger partial charge >= 0.3 is 12.3 Å². The van der Waals surface area contributed by atoms with Crippen LogP contribution in [0, 0.1) is 5.92 Å². The molecule has 1 atom stereocenters. The molecule has 0 saturated carbocycles. The van der Waals surface area contributed by atoms with E-state index in [4.69, 9.17) is 4.74 Å². The normalized spacial score (nSPS) is 24.6. The van der Waals surface area contributed by atoms with E-state index < -0.39 is 17.9 Å². The summed E-state index contributed by atoms with van der Waals surface area (Å²) in [5.41, 5.74) is -0.701. The average Bonchev–Trinajstić information content (AvgIpc) is 3.12. The van der Waals surface area contributed by atoms with Crippen molar-refractivity contribution >= 4 is 5.91 Å². The molecule has 0 spiro atoms. The molecule has 3 saturated heterocycles. The van der Waals surface area contributed by atoms with E-state index in [-0.39, 0.29) is 17.7 Å². The van der Waals surface area contributed by atoms with Gasteiger partial charge in [0.1, 0.15) is 12.0 Å². The smallest absolute Gasteiger partial charge is 0.417 e. The lowest BCUT2D eigenvalue weighted by Gasteiger charge is -2.44. The molecule has 0 aliphatic carbocycles. The molecule has 6 nitrogen and oxygen atoms in total. The third kappa shape index (κ3) is 3.92. The van der Waals surface area contributed by atoms with Crippen LogP contribution in [0.4, 0.5) is 13.2 Å². The number of alkyl halides is 3. The molecule has 3 aliphatic rings. The Morgan fingerprint density at radius 1 is 1.22 bits per heavy atom. The Hall–Kier alpha value is -2.55. The van der Waals surface area contributed by atoms with Crippen LogP contribution in [0.25, 0.3) is 0 Å². The number of fused-ring (bicyclic) bond motifs is 3. The molecule has 9 heteroatoms. The monoisotopic (exact) mass is 381 g/mol. The Balaban J connectivity index is 1.37. The molecule has 27 heavy (non-hydrogen) atoms. The van der Waals surface area contributed by atoms with Crippen molar-refractivity contribution in [2.45, 2.75) is 25.1 Å². The Labute approximate surface area is 153 Å². The van der Waals surface area contributed by atoms with Crippen LogP contribution in [-0.4, -0.2) is 41.5 Å².